The van der Waals surface area contributed by atoms with Crippen LogP contribution in [0.25, 0.3) is 0 Å². The van der Waals surface area contributed by atoms with Crippen LogP contribution in [0.3, 0.4) is 0 Å². The van der Waals surface area contributed by atoms with Crippen LogP contribution in [0.2, 0.25) is 0 Å². The molecule has 19 heavy (non-hydrogen) atoms. The molecule has 0 N–H and O–H groups in total. The van der Waals surface area contributed by atoms with Gasteiger partial charge in [0, 0.05) is 11.6 Å². The summed E-state index contributed by atoms with van der Waals surface area (Å²) < 4.78 is 18.7. The van der Waals surface area contributed by atoms with E-state index in [2.05, 4.69) is 0 Å². The van der Waals surface area contributed by atoms with Crippen molar-refractivity contribution in [3.63, 3.8) is 0 Å². The standard InChI is InChI=1S/C16H15FO2/c1-11-8-9-14(17)10-15(11)19-12(2)16(18)13-6-4-3-5-7-13/h3-10,12H,1-2H3. The molecule has 2 rings (SSSR count). The molecule has 0 fully saturated rings. The van der Waals surface area contributed by atoms with Crippen molar-refractivity contribution in [1.82, 2.24) is 0 Å². The summed E-state index contributed by atoms with van der Waals surface area (Å²) in [5.74, 6) is -0.0963. The summed E-state index contributed by atoms with van der Waals surface area (Å²) in [5, 5.41) is 0. The van der Waals surface area contributed by atoms with Crippen molar-refractivity contribution in [3.8, 4) is 5.75 Å². The van der Waals surface area contributed by atoms with Gasteiger partial charge in [0.15, 0.2) is 6.10 Å². The second-order valence-electron chi connectivity index (χ2n) is 4.40. The van der Waals surface area contributed by atoms with E-state index in [1.807, 2.05) is 13.0 Å². The number of ketones is 1. The molecule has 0 radical (unpaired) electrons. The highest BCUT2D eigenvalue weighted by Gasteiger charge is 2.17. The highest BCUT2D eigenvalue weighted by Crippen LogP contribution is 2.21. The van der Waals surface area contributed by atoms with E-state index in [4.69, 9.17) is 4.74 Å². The lowest BCUT2D eigenvalue weighted by molar-refractivity contribution is 0.0816. The Morgan fingerprint density at radius 2 is 1.84 bits per heavy atom. The van der Waals surface area contributed by atoms with Gasteiger partial charge in [-0.2, -0.15) is 0 Å². The fraction of sp³-hybridized carbons (Fsp3) is 0.188. The van der Waals surface area contributed by atoms with E-state index in [-0.39, 0.29) is 11.6 Å². The highest BCUT2D eigenvalue weighted by molar-refractivity contribution is 5.99. The van der Waals surface area contributed by atoms with Crippen LogP contribution in [-0.2, 0) is 0 Å². The molecule has 1 atom stereocenters. The Balaban J connectivity index is 2.15. The van der Waals surface area contributed by atoms with Crippen molar-refractivity contribution in [2.24, 2.45) is 0 Å². The largest absolute Gasteiger partial charge is 0.482 e. The third-order valence-corrected chi connectivity index (χ3v) is 2.88. The molecule has 1 unspecified atom stereocenters. The number of hydrogen-bond acceptors (Lipinski definition) is 2. The smallest absolute Gasteiger partial charge is 0.202 e. The predicted octanol–water partition coefficient (Wildman–Crippen LogP) is 3.78. The second-order valence-corrected chi connectivity index (χ2v) is 4.40. The summed E-state index contributed by atoms with van der Waals surface area (Å²) in [6.45, 7) is 3.48. The van der Waals surface area contributed by atoms with Crippen molar-refractivity contribution in [2.45, 2.75) is 20.0 Å². The minimum absolute atomic E-state index is 0.121. The van der Waals surface area contributed by atoms with E-state index in [0.29, 0.717) is 11.3 Å². The van der Waals surface area contributed by atoms with Gasteiger partial charge in [0.2, 0.25) is 5.78 Å². The number of halogens is 1. The van der Waals surface area contributed by atoms with E-state index in [1.165, 1.54) is 12.1 Å². The minimum atomic E-state index is -0.650. The zero-order valence-electron chi connectivity index (χ0n) is 10.9. The molecule has 0 saturated carbocycles. The van der Waals surface area contributed by atoms with E-state index < -0.39 is 6.10 Å². The number of ether oxygens (including phenoxy) is 1. The molecule has 0 aliphatic heterocycles. The van der Waals surface area contributed by atoms with Crippen LogP contribution in [0.5, 0.6) is 5.75 Å². The van der Waals surface area contributed by atoms with Crippen LogP contribution < -0.4 is 4.74 Å². The molecule has 2 nitrogen and oxygen atoms in total. The first-order valence-corrected chi connectivity index (χ1v) is 6.10. The lowest BCUT2D eigenvalue weighted by Crippen LogP contribution is -2.24. The quantitative estimate of drug-likeness (QED) is 0.780. The average molecular weight is 258 g/mol. The summed E-state index contributed by atoms with van der Waals surface area (Å²) in [6.07, 6.45) is -0.650. The zero-order chi connectivity index (χ0) is 13.8. The van der Waals surface area contributed by atoms with Crippen LogP contribution in [0.1, 0.15) is 22.8 Å². The monoisotopic (exact) mass is 258 g/mol. The van der Waals surface area contributed by atoms with Crippen molar-refractivity contribution < 1.29 is 13.9 Å². The number of benzene rings is 2. The number of Topliss-reactive ketones (excluding diaryl/α,β-unsaturated/α-hetero) is 1. The Kier molecular flexibility index (Phi) is 3.95. The van der Waals surface area contributed by atoms with Gasteiger partial charge in [-0.05, 0) is 25.5 Å². The Morgan fingerprint density at radius 1 is 1.16 bits per heavy atom. The van der Waals surface area contributed by atoms with Crippen molar-refractivity contribution in [3.05, 3.63) is 65.5 Å². The first-order valence-electron chi connectivity index (χ1n) is 6.10. The molecule has 2 aromatic rings. The molecule has 0 aromatic heterocycles. The lowest BCUT2D eigenvalue weighted by Gasteiger charge is -2.15. The molecular weight excluding hydrogens is 243 g/mol. The van der Waals surface area contributed by atoms with E-state index in [1.54, 1.807) is 37.3 Å². The summed E-state index contributed by atoms with van der Waals surface area (Å²) in [4.78, 5) is 12.1. The molecule has 0 aliphatic carbocycles. The van der Waals surface area contributed by atoms with Crippen molar-refractivity contribution in [2.75, 3.05) is 0 Å². The van der Waals surface area contributed by atoms with Crippen LogP contribution in [-0.4, -0.2) is 11.9 Å². The summed E-state index contributed by atoms with van der Waals surface area (Å²) >= 11 is 0. The van der Waals surface area contributed by atoms with Gasteiger partial charge in [0.05, 0.1) is 0 Å². The third kappa shape index (κ3) is 3.19. The van der Waals surface area contributed by atoms with E-state index >= 15 is 0 Å². The van der Waals surface area contributed by atoms with Crippen molar-refractivity contribution >= 4 is 5.78 Å². The van der Waals surface area contributed by atoms with Gasteiger partial charge in [-0.3, -0.25) is 4.79 Å². The first-order chi connectivity index (χ1) is 9.08. The minimum Gasteiger partial charge on any atom is -0.482 e. The first kappa shape index (κ1) is 13.3. The molecule has 0 amide bonds. The van der Waals surface area contributed by atoms with Gasteiger partial charge in [-0.25, -0.2) is 4.39 Å². The Morgan fingerprint density at radius 3 is 2.53 bits per heavy atom. The molecule has 2 aromatic carbocycles. The van der Waals surface area contributed by atoms with Crippen molar-refractivity contribution in [1.29, 1.82) is 0 Å². The van der Waals surface area contributed by atoms with Gasteiger partial charge in [0.25, 0.3) is 0 Å². The summed E-state index contributed by atoms with van der Waals surface area (Å²) in [6, 6.07) is 13.2. The predicted molar refractivity (Wildman–Crippen MR) is 72.0 cm³/mol. The van der Waals surface area contributed by atoms with Gasteiger partial charge in [0.1, 0.15) is 11.6 Å². The van der Waals surface area contributed by atoms with Gasteiger partial charge in [-0.1, -0.05) is 36.4 Å². The molecule has 0 spiro atoms. The Bertz CT molecular complexity index is 579. The van der Waals surface area contributed by atoms with Crippen LogP contribution >= 0.6 is 0 Å². The molecular formula is C16H15FO2. The van der Waals surface area contributed by atoms with Crippen LogP contribution in [0.4, 0.5) is 4.39 Å². The molecule has 0 bridgehead atoms. The van der Waals surface area contributed by atoms with Gasteiger partial charge >= 0.3 is 0 Å². The number of aryl methyl sites for hydroxylation is 1. The van der Waals surface area contributed by atoms with Gasteiger partial charge < -0.3 is 4.74 Å². The lowest BCUT2D eigenvalue weighted by atomic mass is 10.1. The fourth-order valence-electron chi connectivity index (χ4n) is 1.78. The Labute approximate surface area is 111 Å². The van der Waals surface area contributed by atoms with Crippen LogP contribution in [0.15, 0.2) is 48.5 Å². The van der Waals surface area contributed by atoms with Crippen LogP contribution in [0, 0.1) is 12.7 Å². The van der Waals surface area contributed by atoms with Gasteiger partial charge in [-0.15, -0.1) is 0 Å². The SMILES string of the molecule is Cc1ccc(F)cc1OC(C)C(=O)c1ccccc1. The van der Waals surface area contributed by atoms with E-state index in [0.717, 1.165) is 5.56 Å². The Hall–Kier alpha value is -2.16. The second kappa shape index (κ2) is 5.65. The maximum absolute atomic E-state index is 13.2. The summed E-state index contributed by atoms with van der Waals surface area (Å²) in [5.41, 5.74) is 1.39. The normalized spacial score (nSPS) is 11.9. The average Bonchev–Trinajstić information content (AvgIpc) is 2.43. The third-order valence-electron chi connectivity index (χ3n) is 2.88. The maximum Gasteiger partial charge on any atom is 0.202 e. The summed E-state index contributed by atoms with van der Waals surface area (Å²) in [7, 11) is 0. The maximum atomic E-state index is 13.2. The fourth-order valence-corrected chi connectivity index (χ4v) is 1.78. The zero-order valence-corrected chi connectivity index (χ0v) is 10.9. The molecule has 3 heteroatoms. The topological polar surface area (TPSA) is 26.3 Å². The highest BCUT2D eigenvalue weighted by atomic mass is 19.1. The molecule has 0 saturated heterocycles. The number of carbonyl (C=O) groups is 1. The number of rotatable bonds is 4. The molecule has 0 heterocycles. The number of hydrogen-bond donors (Lipinski definition) is 0. The molecule has 0 aliphatic rings. The number of carbonyl (C=O) groups excluding carboxylic acids is 1. The molecule has 98 valence electrons. The van der Waals surface area contributed by atoms with E-state index in [9.17, 15) is 9.18 Å².